The normalized spacial score (nSPS) is 16.4. The monoisotopic (exact) mass is 275 g/mol. The van der Waals surface area contributed by atoms with Crippen LogP contribution >= 0.6 is 11.3 Å². The van der Waals surface area contributed by atoms with Crippen LogP contribution in [0.25, 0.3) is 0 Å². The Balaban J connectivity index is 2.21. The first kappa shape index (κ1) is 12.5. The van der Waals surface area contributed by atoms with Gasteiger partial charge < -0.3 is 5.11 Å². The summed E-state index contributed by atoms with van der Waals surface area (Å²) in [6.45, 7) is 0. The van der Waals surface area contributed by atoms with Crippen molar-refractivity contribution < 1.29 is 18.3 Å². The van der Waals surface area contributed by atoms with Crippen molar-refractivity contribution in [2.45, 2.75) is 29.5 Å². The molecule has 2 rings (SSSR count). The summed E-state index contributed by atoms with van der Waals surface area (Å²) in [5.74, 6) is -0.952. The maximum atomic E-state index is 12.1. The first-order valence-electron chi connectivity index (χ1n) is 5.20. The van der Waals surface area contributed by atoms with Gasteiger partial charge in [0.25, 0.3) is 10.0 Å². The van der Waals surface area contributed by atoms with E-state index in [1.165, 1.54) is 10.4 Å². The molecule has 1 aliphatic rings. The molecular weight excluding hydrogens is 262 g/mol. The molecule has 0 amide bonds. The number of carboxylic acid groups (broad SMARTS) is 1. The van der Waals surface area contributed by atoms with Gasteiger partial charge in [-0.25, -0.2) is 8.42 Å². The smallest absolute Gasteiger partial charge is 0.308 e. The summed E-state index contributed by atoms with van der Waals surface area (Å²) in [6, 6.07) is 3.16. The predicted octanol–water partition coefficient (Wildman–Crippen LogP) is 1.16. The molecule has 1 saturated carbocycles. The summed E-state index contributed by atoms with van der Waals surface area (Å²) < 4.78 is 25.8. The Kier molecular flexibility index (Phi) is 3.24. The van der Waals surface area contributed by atoms with Gasteiger partial charge in [-0.3, -0.25) is 4.79 Å². The molecule has 0 atom stereocenters. The molecule has 0 aromatic carbocycles. The van der Waals surface area contributed by atoms with Crippen molar-refractivity contribution in [1.29, 1.82) is 0 Å². The second kappa shape index (κ2) is 4.40. The number of carboxylic acids is 1. The summed E-state index contributed by atoms with van der Waals surface area (Å²) in [4.78, 5) is 11.1. The lowest BCUT2D eigenvalue weighted by atomic mass is 10.3. The van der Waals surface area contributed by atoms with E-state index in [-0.39, 0.29) is 16.7 Å². The highest BCUT2D eigenvalue weighted by atomic mass is 32.2. The first-order chi connectivity index (χ1) is 7.91. The Morgan fingerprint density at radius 2 is 2.18 bits per heavy atom. The third-order valence-electron chi connectivity index (χ3n) is 2.66. The van der Waals surface area contributed by atoms with Crippen LogP contribution in [0.15, 0.2) is 16.3 Å². The highest BCUT2D eigenvalue weighted by Gasteiger charge is 2.35. The van der Waals surface area contributed by atoms with Crippen LogP contribution in [0, 0.1) is 0 Å². The molecule has 1 N–H and O–H groups in total. The number of hydrogen-bond acceptors (Lipinski definition) is 4. The SMILES string of the molecule is CN(C1CC1)S(=O)(=O)c1ccc(CC(=O)O)s1. The molecule has 1 heterocycles. The third-order valence-corrected chi connectivity index (χ3v) is 6.12. The van der Waals surface area contributed by atoms with Crippen LogP contribution in [0.4, 0.5) is 0 Å². The van der Waals surface area contributed by atoms with Crippen molar-refractivity contribution in [3.05, 3.63) is 17.0 Å². The molecule has 1 fully saturated rings. The van der Waals surface area contributed by atoms with Gasteiger partial charge in [0.2, 0.25) is 0 Å². The van der Waals surface area contributed by atoms with E-state index in [1.807, 2.05) is 0 Å². The number of thiophene rings is 1. The van der Waals surface area contributed by atoms with Crippen molar-refractivity contribution in [3.63, 3.8) is 0 Å². The van der Waals surface area contributed by atoms with Crippen molar-refractivity contribution in [2.24, 2.45) is 0 Å². The molecule has 0 unspecified atom stereocenters. The fourth-order valence-corrected chi connectivity index (χ4v) is 4.47. The lowest BCUT2D eigenvalue weighted by Crippen LogP contribution is -2.28. The molecule has 0 spiro atoms. The van der Waals surface area contributed by atoms with Crippen LogP contribution in [0.5, 0.6) is 0 Å². The Morgan fingerprint density at radius 1 is 1.53 bits per heavy atom. The van der Waals surface area contributed by atoms with Gasteiger partial charge in [-0.15, -0.1) is 11.3 Å². The lowest BCUT2D eigenvalue weighted by Gasteiger charge is -2.14. The summed E-state index contributed by atoms with van der Waals surface area (Å²) in [6.07, 6.45) is 1.68. The quantitative estimate of drug-likeness (QED) is 0.875. The van der Waals surface area contributed by atoms with E-state index in [2.05, 4.69) is 0 Å². The van der Waals surface area contributed by atoms with E-state index >= 15 is 0 Å². The van der Waals surface area contributed by atoms with Gasteiger partial charge in [-0.2, -0.15) is 4.31 Å². The highest BCUT2D eigenvalue weighted by molar-refractivity contribution is 7.91. The second-order valence-corrected chi connectivity index (χ2v) is 7.44. The third kappa shape index (κ3) is 2.67. The van der Waals surface area contributed by atoms with E-state index < -0.39 is 16.0 Å². The van der Waals surface area contributed by atoms with Crippen molar-refractivity contribution in [1.82, 2.24) is 4.31 Å². The van der Waals surface area contributed by atoms with Crippen molar-refractivity contribution >= 4 is 27.3 Å². The Hall–Kier alpha value is -0.920. The Morgan fingerprint density at radius 3 is 2.71 bits per heavy atom. The van der Waals surface area contributed by atoms with E-state index in [0.717, 1.165) is 24.2 Å². The molecule has 0 bridgehead atoms. The summed E-state index contributed by atoms with van der Waals surface area (Å²) in [5, 5.41) is 8.63. The van der Waals surface area contributed by atoms with Crippen molar-refractivity contribution in [2.75, 3.05) is 7.05 Å². The fraction of sp³-hybridized carbons (Fsp3) is 0.500. The molecule has 94 valence electrons. The van der Waals surface area contributed by atoms with Crippen molar-refractivity contribution in [3.8, 4) is 0 Å². The lowest BCUT2D eigenvalue weighted by molar-refractivity contribution is -0.136. The zero-order valence-electron chi connectivity index (χ0n) is 9.29. The van der Waals surface area contributed by atoms with Crippen LogP contribution in [0.3, 0.4) is 0 Å². The molecule has 1 aromatic heterocycles. The maximum Gasteiger partial charge on any atom is 0.308 e. The topological polar surface area (TPSA) is 74.7 Å². The van der Waals surface area contributed by atoms with Gasteiger partial charge in [-0.05, 0) is 25.0 Å². The number of aliphatic carboxylic acids is 1. The fourth-order valence-electron chi connectivity index (χ4n) is 1.52. The minimum atomic E-state index is -3.43. The van der Waals surface area contributed by atoms with Crippen LogP contribution in [0.1, 0.15) is 17.7 Å². The van der Waals surface area contributed by atoms with Gasteiger partial charge in [0.15, 0.2) is 0 Å². The number of rotatable bonds is 5. The van der Waals surface area contributed by atoms with E-state index in [9.17, 15) is 13.2 Å². The van der Waals surface area contributed by atoms with Gasteiger partial charge in [0.1, 0.15) is 4.21 Å². The van der Waals surface area contributed by atoms with E-state index in [1.54, 1.807) is 13.1 Å². The largest absolute Gasteiger partial charge is 0.481 e. The molecule has 0 saturated heterocycles. The number of nitrogens with zero attached hydrogens (tertiary/aromatic N) is 1. The highest BCUT2D eigenvalue weighted by Crippen LogP contribution is 2.32. The predicted molar refractivity (Wildman–Crippen MR) is 63.6 cm³/mol. The molecule has 17 heavy (non-hydrogen) atoms. The Labute approximate surface area is 104 Å². The zero-order valence-corrected chi connectivity index (χ0v) is 10.9. The number of hydrogen-bond donors (Lipinski definition) is 1. The van der Waals surface area contributed by atoms with Gasteiger partial charge in [0, 0.05) is 18.0 Å². The van der Waals surface area contributed by atoms with Crippen LogP contribution < -0.4 is 0 Å². The molecule has 0 aliphatic heterocycles. The number of sulfonamides is 1. The minimum Gasteiger partial charge on any atom is -0.481 e. The van der Waals surface area contributed by atoms with E-state index in [4.69, 9.17) is 5.11 Å². The zero-order chi connectivity index (χ0) is 12.6. The van der Waals surface area contributed by atoms with Crippen LogP contribution in [-0.2, 0) is 21.2 Å². The average molecular weight is 275 g/mol. The molecule has 1 aliphatic carbocycles. The number of carbonyl (C=O) groups is 1. The molecule has 0 radical (unpaired) electrons. The second-order valence-electron chi connectivity index (χ2n) is 4.04. The molecule has 1 aromatic rings. The summed E-state index contributed by atoms with van der Waals surface area (Å²) >= 11 is 1.03. The first-order valence-corrected chi connectivity index (χ1v) is 7.45. The van der Waals surface area contributed by atoms with E-state index in [0.29, 0.717) is 4.88 Å². The molecule has 5 nitrogen and oxygen atoms in total. The average Bonchev–Trinajstić information content (AvgIpc) is 2.97. The molecule has 7 heteroatoms. The van der Waals surface area contributed by atoms with Crippen LogP contribution in [-0.4, -0.2) is 36.9 Å². The van der Waals surface area contributed by atoms with Gasteiger partial charge >= 0.3 is 5.97 Å². The van der Waals surface area contributed by atoms with Gasteiger partial charge in [0.05, 0.1) is 6.42 Å². The van der Waals surface area contributed by atoms with Gasteiger partial charge in [-0.1, -0.05) is 0 Å². The summed E-state index contributed by atoms with van der Waals surface area (Å²) in [7, 11) is -1.86. The summed E-state index contributed by atoms with van der Waals surface area (Å²) in [5.41, 5.74) is 0. The molecular formula is C10H13NO4S2. The standard InChI is InChI=1S/C10H13NO4S2/c1-11(7-2-3-7)17(14,15)10-5-4-8(16-10)6-9(12)13/h4-5,7H,2-3,6H2,1H3,(H,12,13). The van der Waals surface area contributed by atoms with Crippen LogP contribution in [0.2, 0.25) is 0 Å². The minimum absolute atomic E-state index is 0.116. The maximum absolute atomic E-state index is 12.1. The Bertz CT molecular complexity index is 530.